The van der Waals surface area contributed by atoms with Crippen LogP contribution in [0, 0.1) is 56.7 Å². The number of ether oxygens (including phenoxy) is 2. The molecule has 0 aromatic heterocycles. The highest BCUT2D eigenvalue weighted by atomic mass is 16.7. The van der Waals surface area contributed by atoms with Crippen molar-refractivity contribution in [3.63, 3.8) is 0 Å². The van der Waals surface area contributed by atoms with Crippen LogP contribution in [0.2, 0.25) is 0 Å². The van der Waals surface area contributed by atoms with Crippen LogP contribution >= 0.6 is 0 Å². The molecule has 6 fully saturated rings. The Balaban J connectivity index is 1.19. The quantitative estimate of drug-likeness (QED) is 0.139. The van der Waals surface area contributed by atoms with Gasteiger partial charge < -0.3 is 35.0 Å². The number of hydrogen-bond acceptors (Lipinski definition) is 10. The molecule has 1 heterocycles. The number of fused-ring (bicyclic) bond motifs is 7. The molecule has 0 radical (unpaired) electrons. The standard InChI is InChI=1S/C39H63NO10/c1-21(2)22-11-16-39(34(46)47)18-17-37(6)23(29(22)39)9-10-26-36(5)14-13-27(35(3,4)25(36)12-15-38(26,37)7)50-28(42)19-40(48-8)33-32(45)31(44)30(43)24(20-41)49-33/h22-27,29-33,41,43-45H,1,9-20H2,2-8H3,(H,46,47)/t22-,23+,24-,25-,26+,27-,29+,30-,31-,32+,33?,36-,37+,38+,39-/m0/s1. The van der Waals surface area contributed by atoms with Crippen molar-refractivity contribution in [2.75, 3.05) is 20.3 Å². The second-order valence-electron chi connectivity index (χ2n) is 18.5. The van der Waals surface area contributed by atoms with Crippen molar-refractivity contribution < 1.29 is 49.4 Å². The summed E-state index contributed by atoms with van der Waals surface area (Å²) in [5, 5.41) is 52.4. The number of carbonyl (C=O) groups excluding carboxylic acids is 1. The van der Waals surface area contributed by atoms with Crippen molar-refractivity contribution in [1.82, 2.24) is 5.06 Å². The summed E-state index contributed by atoms with van der Waals surface area (Å²) in [6, 6.07) is 0. The lowest BCUT2D eigenvalue weighted by Crippen LogP contribution is -2.67. The van der Waals surface area contributed by atoms with Gasteiger partial charge >= 0.3 is 11.9 Å². The van der Waals surface area contributed by atoms with E-state index in [-0.39, 0.29) is 46.1 Å². The minimum absolute atomic E-state index is 0.0348. The number of carboxylic acids is 1. The fraction of sp³-hybridized carbons (Fsp3) is 0.897. The van der Waals surface area contributed by atoms with E-state index in [4.69, 9.17) is 14.3 Å². The third-order valence-corrected chi connectivity index (χ3v) is 16.4. The molecule has 5 saturated carbocycles. The summed E-state index contributed by atoms with van der Waals surface area (Å²) in [4.78, 5) is 31.8. The van der Waals surface area contributed by atoms with Crippen molar-refractivity contribution in [3.8, 4) is 0 Å². The van der Waals surface area contributed by atoms with Gasteiger partial charge in [0.2, 0.25) is 0 Å². The van der Waals surface area contributed by atoms with Crippen molar-refractivity contribution in [2.45, 2.75) is 142 Å². The second-order valence-corrected chi connectivity index (χ2v) is 18.5. The summed E-state index contributed by atoms with van der Waals surface area (Å²) in [6.45, 7) is 17.5. The minimum Gasteiger partial charge on any atom is -0.481 e. The van der Waals surface area contributed by atoms with Gasteiger partial charge in [0.25, 0.3) is 0 Å². The van der Waals surface area contributed by atoms with Gasteiger partial charge in [-0.3, -0.25) is 14.4 Å². The largest absolute Gasteiger partial charge is 0.481 e. The molecule has 6 aliphatic rings. The van der Waals surface area contributed by atoms with Gasteiger partial charge in [0.05, 0.1) is 19.1 Å². The number of nitrogens with zero attached hydrogens (tertiary/aromatic N) is 1. The van der Waals surface area contributed by atoms with E-state index in [9.17, 15) is 35.1 Å². The fourth-order valence-electron chi connectivity index (χ4n) is 13.6. The first-order valence-corrected chi connectivity index (χ1v) is 19.0. The SMILES string of the molecule is C=C(C)[C@@H]1CC[C@]2(C(=O)O)CC[C@]3(C)[C@H](CC[C@@H]4[C@@]5(C)CC[C@H](OC(=O)CN(OC)C6O[C@@H](CO)[C@H](O)[C@H](O)[C@H]6O)C(C)(C)[C@@H]5CC[C@]43C)[C@@H]12. The Morgan fingerprint density at radius 3 is 2.18 bits per heavy atom. The minimum atomic E-state index is -1.59. The Kier molecular flexibility index (Phi) is 9.96. The lowest BCUT2D eigenvalue weighted by atomic mass is 9.32. The number of carboxylic acid groups (broad SMARTS) is 1. The molecule has 50 heavy (non-hydrogen) atoms. The molecule has 5 aliphatic carbocycles. The number of allylic oxidation sites excluding steroid dienone is 1. The summed E-state index contributed by atoms with van der Waals surface area (Å²) >= 11 is 0. The van der Waals surface area contributed by atoms with Gasteiger partial charge in [-0.15, -0.1) is 5.06 Å². The molecular weight excluding hydrogens is 642 g/mol. The molecule has 0 amide bonds. The molecule has 0 spiro atoms. The third kappa shape index (κ3) is 5.37. The number of aliphatic hydroxyl groups is 4. The van der Waals surface area contributed by atoms with E-state index < -0.39 is 54.6 Å². The number of esters is 1. The summed E-state index contributed by atoms with van der Waals surface area (Å²) in [6.07, 6.45) is 1.79. The van der Waals surface area contributed by atoms with Crippen molar-refractivity contribution in [3.05, 3.63) is 12.2 Å². The van der Waals surface area contributed by atoms with Crippen LogP contribution in [0.15, 0.2) is 12.2 Å². The monoisotopic (exact) mass is 705 g/mol. The smallest absolute Gasteiger partial charge is 0.323 e. The van der Waals surface area contributed by atoms with Crippen LogP contribution in [0.3, 0.4) is 0 Å². The Labute approximate surface area is 297 Å². The summed E-state index contributed by atoms with van der Waals surface area (Å²) in [5.74, 6) is 0.404. The number of rotatable bonds is 8. The molecule has 1 aliphatic heterocycles. The molecule has 284 valence electrons. The molecule has 1 saturated heterocycles. The molecule has 0 bridgehead atoms. The molecule has 0 aromatic carbocycles. The zero-order valence-corrected chi connectivity index (χ0v) is 31.3. The summed E-state index contributed by atoms with van der Waals surface area (Å²) in [5.41, 5.74) is 0.327. The highest BCUT2D eigenvalue weighted by Gasteiger charge is 2.72. The van der Waals surface area contributed by atoms with E-state index >= 15 is 0 Å². The van der Waals surface area contributed by atoms with Crippen LogP contribution in [0.25, 0.3) is 0 Å². The van der Waals surface area contributed by atoms with Gasteiger partial charge in [-0.1, -0.05) is 46.8 Å². The van der Waals surface area contributed by atoms with Crippen LogP contribution in [-0.2, 0) is 23.9 Å². The predicted molar refractivity (Wildman–Crippen MR) is 184 cm³/mol. The van der Waals surface area contributed by atoms with Gasteiger partial charge in [-0.25, -0.2) is 0 Å². The van der Waals surface area contributed by atoms with E-state index in [1.54, 1.807) is 0 Å². The van der Waals surface area contributed by atoms with E-state index in [0.29, 0.717) is 24.2 Å². The summed E-state index contributed by atoms with van der Waals surface area (Å²) < 4.78 is 11.8. The molecule has 5 N–H and O–H groups in total. The lowest BCUT2D eigenvalue weighted by Gasteiger charge is -2.72. The highest BCUT2D eigenvalue weighted by molar-refractivity contribution is 5.76. The van der Waals surface area contributed by atoms with E-state index in [1.807, 2.05) is 0 Å². The normalized spacial score (nSPS) is 49.6. The Hall–Kier alpha value is -1.60. The Morgan fingerprint density at radius 1 is 0.860 bits per heavy atom. The van der Waals surface area contributed by atoms with Gasteiger partial charge in [0.15, 0.2) is 6.23 Å². The molecule has 0 aromatic rings. The van der Waals surface area contributed by atoms with E-state index in [1.165, 1.54) is 7.11 Å². The fourth-order valence-corrected chi connectivity index (χ4v) is 13.6. The maximum atomic E-state index is 13.5. The number of carbonyl (C=O) groups is 2. The van der Waals surface area contributed by atoms with E-state index in [2.05, 4.69) is 48.1 Å². The molecular formula is C39H63NO10. The van der Waals surface area contributed by atoms with Crippen LogP contribution in [0.5, 0.6) is 0 Å². The van der Waals surface area contributed by atoms with Crippen LogP contribution in [0.4, 0.5) is 0 Å². The first kappa shape index (κ1) is 38.1. The van der Waals surface area contributed by atoms with Gasteiger partial charge in [-0.05, 0) is 117 Å². The Morgan fingerprint density at radius 2 is 1.56 bits per heavy atom. The maximum Gasteiger partial charge on any atom is 0.323 e. The Bertz CT molecular complexity index is 1340. The van der Waals surface area contributed by atoms with E-state index in [0.717, 1.165) is 68.4 Å². The number of hydroxylamine groups is 2. The van der Waals surface area contributed by atoms with Crippen molar-refractivity contribution in [1.29, 1.82) is 0 Å². The molecule has 11 nitrogen and oxygen atoms in total. The van der Waals surface area contributed by atoms with Crippen molar-refractivity contribution in [2.24, 2.45) is 56.7 Å². The van der Waals surface area contributed by atoms with Gasteiger partial charge in [0, 0.05) is 5.41 Å². The second kappa shape index (κ2) is 13.1. The molecule has 1 unspecified atom stereocenters. The van der Waals surface area contributed by atoms with Crippen LogP contribution < -0.4 is 0 Å². The summed E-state index contributed by atoms with van der Waals surface area (Å²) in [7, 11) is 1.32. The first-order valence-electron chi connectivity index (χ1n) is 19.0. The zero-order valence-electron chi connectivity index (χ0n) is 31.3. The van der Waals surface area contributed by atoms with Crippen LogP contribution in [-0.4, -0.2) is 99.5 Å². The highest BCUT2D eigenvalue weighted by Crippen LogP contribution is 2.77. The number of aliphatic carboxylic acids is 1. The topological polar surface area (TPSA) is 166 Å². The van der Waals surface area contributed by atoms with Gasteiger partial charge in [0.1, 0.15) is 37.1 Å². The van der Waals surface area contributed by atoms with Crippen molar-refractivity contribution >= 4 is 11.9 Å². The first-order chi connectivity index (χ1) is 23.3. The number of aliphatic hydroxyl groups excluding tert-OH is 4. The third-order valence-electron chi connectivity index (χ3n) is 16.4. The zero-order chi connectivity index (χ0) is 36.8. The average Bonchev–Trinajstić information content (AvgIpc) is 3.46. The average molecular weight is 706 g/mol. The molecule has 6 rings (SSSR count). The maximum absolute atomic E-state index is 13.5. The molecule has 15 atom stereocenters. The van der Waals surface area contributed by atoms with Gasteiger partial charge in [-0.2, -0.15) is 0 Å². The number of hydrogen-bond donors (Lipinski definition) is 5. The lowest BCUT2D eigenvalue weighted by molar-refractivity contribution is -0.327. The van der Waals surface area contributed by atoms with Crippen LogP contribution in [0.1, 0.15) is 106 Å². The predicted octanol–water partition coefficient (Wildman–Crippen LogP) is 4.30. The molecule has 11 heteroatoms.